The highest BCUT2D eigenvalue weighted by molar-refractivity contribution is 5.85. The van der Waals surface area contributed by atoms with Crippen molar-refractivity contribution in [2.24, 2.45) is 0 Å². The van der Waals surface area contributed by atoms with Gasteiger partial charge in [-0.15, -0.1) is 0 Å². The quantitative estimate of drug-likeness (QED) is 0.378. The fourth-order valence-corrected chi connectivity index (χ4v) is 6.13. The number of carboxylic acid groups (broad SMARTS) is 1. The number of ether oxygens (including phenoxy) is 2. The molecule has 172 valence electrons. The molecule has 1 saturated heterocycles. The van der Waals surface area contributed by atoms with Gasteiger partial charge in [0.05, 0.1) is 11.0 Å². The summed E-state index contributed by atoms with van der Waals surface area (Å²) in [5.74, 6) is -2.93. The lowest BCUT2D eigenvalue weighted by Gasteiger charge is -2.56. The molecule has 0 radical (unpaired) electrons. The van der Waals surface area contributed by atoms with E-state index in [9.17, 15) is 30.0 Å². The van der Waals surface area contributed by atoms with Crippen molar-refractivity contribution in [3.05, 3.63) is 35.1 Å². The van der Waals surface area contributed by atoms with Crippen molar-refractivity contribution < 1.29 is 44.6 Å². The Kier molecular flexibility index (Phi) is 4.58. The highest BCUT2D eigenvalue weighted by Crippen LogP contribution is 2.64. The molecule has 5 rings (SSSR count). The van der Waals surface area contributed by atoms with Crippen molar-refractivity contribution in [3.8, 4) is 11.5 Å². The molecular weight excluding hydrogens is 422 g/mol. The molecular formula is C22H25NO9. The van der Waals surface area contributed by atoms with E-state index < -0.39 is 41.3 Å². The Morgan fingerprint density at radius 3 is 2.75 bits per heavy atom. The number of aliphatic carboxylic acids is 1. The van der Waals surface area contributed by atoms with Crippen LogP contribution in [-0.4, -0.2) is 85.9 Å². The Hall–Kier alpha value is -2.66. The predicted molar refractivity (Wildman–Crippen MR) is 107 cm³/mol. The van der Waals surface area contributed by atoms with Crippen LogP contribution in [0.2, 0.25) is 0 Å². The van der Waals surface area contributed by atoms with Gasteiger partial charge in [0.15, 0.2) is 29.8 Å². The van der Waals surface area contributed by atoms with Crippen LogP contribution in [0.25, 0.3) is 0 Å². The van der Waals surface area contributed by atoms with Crippen LogP contribution >= 0.6 is 0 Å². The fraction of sp³-hybridized carbons (Fsp3) is 0.545. The maximum absolute atomic E-state index is 12.4. The predicted octanol–water partition coefficient (Wildman–Crippen LogP) is -0.590. The highest BCUT2D eigenvalue weighted by Gasteiger charge is 2.71. The van der Waals surface area contributed by atoms with E-state index in [0.717, 1.165) is 18.5 Å². The fourth-order valence-electron chi connectivity index (χ4n) is 6.13. The van der Waals surface area contributed by atoms with E-state index in [0.29, 0.717) is 18.4 Å². The number of rotatable bonds is 4. The van der Waals surface area contributed by atoms with E-state index in [1.165, 1.54) is 6.08 Å². The first-order valence-corrected chi connectivity index (χ1v) is 10.6. The van der Waals surface area contributed by atoms with Crippen LogP contribution in [0.4, 0.5) is 0 Å². The molecule has 10 nitrogen and oxygen atoms in total. The van der Waals surface area contributed by atoms with Crippen molar-refractivity contribution in [2.75, 3.05) is 13.6 Å². The molecule has 0 unspecified atom stereocenters. The van der Waals surface area contributed by atoms with Crippen LogP contribution in [0, 0.1) is 0 Å². The van der Waals surface area contributed by atoms with Gasteiger partial charge in [-0.2, -0.15) is 0 Å². The summed E-state index contributed by atoms with van der Waals surface area (Å²) in [6, 6.07) is 3.14. The topological polar surface area (TPSA) is 157 Å². The van der Waals surface area contributed by atoms with Crippen molar-refractivity contribution in [1.82, 2.24) is 4.90 Å². The third-order valence-corrected chi connectivity index (χ3v) is 7.59. The second-order valence-electron chi connectivity index (χ2n) is 9.11. The van der Waals surface area contributed by atoms with Gasteiger partial charge < -0.3 is 39.9 Å². The smallest absolute Gasteiger partial charge is 0.343 e. The number of hydrogen-bond donors (Lipinski definition) is 5. The van der Waals surface area contributed by atoms with Gasteiger partial charge in [-0.05, 0) is 50.6 Å². The molecule has 2 bridgehead atoms. The number of benzene rings is 1. The average molecular weight is 447 g/mol. The minimum atomic E-state index is -2.34. The lowest BCUT2D eigenvalue weighted by molar-refractivity contribution is -0.170. The van der Waals surface area contributed by atoms with E-state index in [2.05, 4.69) is 4.90 Å². The number of aliphatic hydroxyl groups excluding tert-OH is 2. The number of carbonyl (C=O) groups is 2. The molecule has 1 aromatic rings. The Morgan fingerprint density at radius 1 is 1.28 bits per heavy atom. The number of esters is 1. The van der Waals surface area contributed by atoms with Gasteiger partial charge in [-0.1, -0.05) is 6.07 Å². The zero-order chi connectivity index (χ0) is 23.0. The second kappa shape index (κ2) is 6.92. The Bertz CT molecular complexity index is 1040. The van der Waals surface area contributed by atoms with Crippen LogP contribution < -0.4 is 4.74 Å². The summed E-state index contributed by atoms with van der Waals surface area (Å²) in [5, 5.41) is 50.9. The molecule has 1 aromatic carbocycles. The molecule has 32 heavy (non-hydrogen) atoms. The van der Waals surface area contributed by atoms with Crippen molar-refractivity contribution in [1.29, 1.82) is 0 Å². The van der Waals surface area contributed by atoms with Gasteiger partial charge in [0.25, 0.3) is 0 Å². The first kappa shape index (κ1) is 21.2. The lowest BCUT2D eigenvalue weighted by atomic mass is 9.52. The number of nitrogens with zero attached hydrogens (tertiary/aromatic N) is 1. The summed E-state index contributed by atoms with van der Waals surface area (Å²) in [6.45, 7) is 0.745. The second-order valence-corrected chi connectivity index (χ2v) is 9.11. The summed E-state index contributed by atoms with van der Waals surface area (Å²) in [7, 11) is 1.96. The van der Waals surface area contributed by atoms with Crippen LogP contribution in [-0.2, 0) is 26.2 Å². The molecule has 0 amide bonds. The molecule has 6 atom stereocenters. The summed E-state index contributed by atoms with van der Waals surface area (Å²) in [4.78, 5) is 25.5. The molecule has 10 heteroatoms. The standard InChI is InChI=1S/C22H25NO9/c1-23-8-2-6-21-14-10-3-4-11(24)17(14)32-18(21)12(5-7-22(21,30)13(23)9-10)31-20(29)16(26)15(25)19(27)28/h3-5,13,15-16,18,24-26,30H,2,6-9H2,1H3,(H,27,28)/t13-,15-,16-,18+,21+,22-/m1/s1. The normalized spacial score (nSPS) is 34.4. The van der Waals surface area contributed by atoms with E-state index in [1.807, 2.05) is 13.1 Å². The molecule has 4 aliphatic rings. The first-order valence-electron chi connectivity index (χ1n) is 10.6. The zero-order valence-corrected chi connectivity index (χ0v) is 17.4. The number of hydrogen-bond acceptors (Lipinski definition) is 9. The molecule has 0 aromatic heterocycles. The van der Waals surface area contributed by atoms with E-state index >= 15 is 0 Å². The van der Waals surface area contributed by atoms with Gasteiger partial charge in [-0.25, -0.2) is 9.59 Å². The minimum absolute atomic E-state index is 0.0167. The number of aromatic hydroxyl groups is 1. The summed E-state index contributed by atoms with van der Waals surface area (Å²) >= 11 is 0. The minimum Gasteiger partial charge on any atom is -0.504 e. The number of phenols is 1. The van der Waals surface area contributed by atoms with Gasteiger partial charge in [0, 0.05) is 18.0 Å². The number of likely N-dealkylation sites (tertiary alicyclic amines) is 1. The van der Waals surface area contributed by atoms with Crippen molar-refractivity contribution in [2.45, 2.75) is 61.1 Å². The maximum Gasteiger partial charge on any atom is 0.343 e. The number of aliphatic hydroxyl groups is 3. The van der Waals surface area contributed by atoms with Crippen LogP contribution in [0.3, 0.4) is 0 Å². The van der Waals surface area contributed by atoms with Gasteiger partial charge >= 0.3 is 11.9 Å². The highest BCUT2D eigenvalue weighted by atomic mass is 16.6. The third kappa shape index (κ3) is 2.54. The number of carboxylic acids is 1. The summed E-state index contributed by atoms with van der Waals surface area (Å²) in [5.41, 5.74) is -0.600. The van der Waals surface area contributed by atoms with Gasteiger partial charge in [0.2, 0.25) is 0 Å². The molecule has 0 saturated carbocycles. The largest absolute Gasteiger partial charge is 0.504 e. The first-order chi connectivity index (χ1) is 15.1. The SMILES string of the molecule is CN1CCC[C@]23c4c5ccc(O)c4O[C@H]2C(OC(=O)[C@H](O)[C@@H](O)C(=O)O)=CC[C@@]3(O)[C@H]1C5. The van der Waals surface area contributed by atoms with Gasteiger partial charge in [-0.3, -0.25) is 0 Å². The molecule has 2 aliphatic heterocycles. The Labute approximate surface area is 183 Å². The number of carbonyl (C=O) groups excluding carboxylic acids is 1. The summed E-state index contributed by atoms with van der Waals surface area (Å²) < 4.78 is 11.5. The third-order valence-electron chi connectivity index (χ3n) is 7.59. The van der Waals surface area contributed by atoms with Crippen molar-refractivity contribution >= 4 is 11.9 Å². The molecule has 1 fully saturated rings. The van der Waals surface area contributed by atoms with E-state index in [1.54, 1.807) is 6.07 Å². The Balaban J connectivity index is 1.61. The van der Waals surface area contributed by atoms with E-state index in [4.69, 9.17) is 14.6 Å². The average Bonchev–Trinajstić information content (AvgIpc) is 3.09. The van der Waals surface area contributed by atoms with Gasteiger partial charge in [0.1, 0.15) is 5.76 Å². The van der Waals surface area contributed by atoms with Crippen LogP contribution in [0.15, 0.2) is 24.0 Å². The monoisotopic (exact) mass is 447 g/mol. The van der Waals surface area contributed by atoms with E-state index in [-0.39, 0.29) is 29.7 Å². The van der Waals surface area contributed by atoms with Crippen LogP contribution in [0.1, 0.15) is 30.4 Å². The van der Waals surface area contributed by atoms with Crippen molar-refractivity contribution in [3.63, 3.8) is 0 Å². The Morgan fingerprint density at radius 2 is 2.03 bits per heavy atom. The number of phenolic OH excluding ortho intramolecular Hbond substituents is 1. The lowest BCUT2D eigenvalue weighted by Crippen LogP contribution is -2.69. The summed E-state index contributed by atoms with van der Waals surface area (Å²) in [6.07, 6.45) is -2.14. The molecule has 2 aliphatic carbocycles. The van der Waals surface area contributed by atoms with Crippen LogP contribution in [0.5, 0.6) is 11.5 Å². The number of likely N-dealkylation sites (N-methyl/N-ethyl adjacent to an activating group) is 1. The molecule has 5 N–H and O–H groups in total. The molecule has 1 spiro atoms. The zero-order valence-electron chi connectivity index (χ0n) is 17.4. The molecule has 2 heterocycles. The maximum atomic E-state index is 12.4.